The molecule has 1 N–H and O–H groups in total. The maximum atomic E-state index is 11.2. The Kier molecular flexibility index (Phi) is 8.33. The highest BCUT2D eigenvalue weighted by molar-refractivity contribution is 5.75. The van der Waals surface area contributed by atoms with Gasteiger partial charge in [-0.3, -0.25) is 4.79 Å². The van der Waals surface area contributed by atoms with Crippen LogP contribution in [-0.2, 0) is 9.53 Å². The van der Waals surface area contributed by atoms with Crippen molar-refractivity contribution in [1.82, 2.24) is 10.2 Å². The summed E-state index contributed by atoms with van der Waals surface area (Å²) in [5, 5.41) is 3.36. The summed E-state index contributed by atoms with van der Waals surface area (Å²) in [4.78, 5) is 12.9. The van der Waals surface area contributed by atoms with Crippen LogP contribution in [0.3, 0.4) is 0 Å². The van der Waals surface area contributed by atoms with Crippen molar-refractivity contribution in [3.63, 3.8) is 0 Å². The van der Waals surface area contributed by atoms with Crippen LogP contribution in [0.5, 0.6) is 0 Å². The molecule has 0 aromatic heterocycles. The molecule has 1 amide bonds. The fourth-order valence-corrected chi connectivity index (χ4v) is 1.21. The van der Waals surface area contributed by atoms with Gasteiger partial charge in [0.25, 0.3) is 0 Å². The molecule has 0 fully saturated rings. The number of hydrogen-bond donors (Lipinski definition) is 1. The van der Waals surface area contributed by atoms with Crippen molar-refractivity contribution in [2.75, 3.05) is 34.4 Å². The molecule has 0 saturated heterocycles. The second kappa shape index (κ2) is 8.68. The van der Waals surface area contributed by atoms with Gasteiger partial charge in [0.15, 0.2) is 0 Å². The molecule has 0 aliphatic rings. The third-order valence-electron chi connectivity index (χ3n) is 2.31. The van der Waals surface area contributed by atoms with Gasteiger partial charge in [-0.1, -0.05) is 0 Å². The molecular weight excluding hydrogens is 192 g/mol. The molecule has 1 atom stereocenters. The van der Waals surface area contributed by atoms with E-state index in [4.69, 9.17) is 4.74 Å². The molecule has 90 valence electrons. The highest BCUT2D eigenvalue weighted by atomic mass is 16.5. The third kappa shape index (κ3) is 8.39. The Morgan fingerprint density at radius 3 is 2.67 bits per heavy atom. The Labute approximate surface area is 93.0 Å². The van der Waals surface area contributed by atoms with Crippen LogP contribution < -0.4 is 5.32 Å². The van der Waals surface area contributed by atoms with E-state index < -0.39 is 0 Å². The summed E-state index contributed by atoms with van der Waals surface area (Å²) in [5.74, 6) is 0.196. The summed E-state index contributed by atoms with van der Waals surface area (Å²) < 4.78 is 4.99. The molecule has 1 unspecified atom stereocenters. The fraction of sp³-hybridized carbons (Fsp3) is 0.909. The van der Waals surface area contributed by atoms with E-state index in [1.165, 1.54) is 0 Å². The quantitative estimate of drug-likeness (QED) is 0.612. The van der Waals surface area contributed by atoms with Crippen LogP contribution in [0, 0.1) is 0 Å². The van der Waals surface area contributed by atoms with E-state index in [0.29, 0.717) is 12.5 Å². The van der Waals surface area contributed by atoms with Crippen LogP contribution in [0.2, 0.25) is 0 Å². The Morgan fingerprint density at radius 1 is 1.47 bits per heavy atom. The molecule has 0 aromatic rings. The molecule has 0 radical (unpaired) electrons. The molecule has 0 heterocycles. The first-order valence-corrected chi connectivity index (χ1v) is 5.50. The third-order valence-corrected chi connectivity index (χ3v) is 2.31. The lowest BCUT2D eigenvalue weighted by Crippen LogP contribution is -2.29. The topological polar surface area (TPSA) is 41.6 Å². The van der Waals surface area contributed by atoms with Gasteiger partial charge in [-0.05, 0) is 26.3 Å². The monoisotopic (exact) mass is 216 g/mol. The lowest BCUT2D eigenvalue weighted by atomic mass is 10.2. The summed E-state index contributed by atoms with van der Waals surface area (Å²) in [5.41, 5.74) is 0. The van der Waals surface area contributed by atoms with Crippen molar-refractivity contribution in [3.8, 4) is 0 Å². The molecule has 0 saturated carbocycles. The smallest absolute Gasteiger partial charge is 0.222 e. The van der Waals surface area contributed by atoms with E-state index in [9.17, 15) is 4.79 Å². The predicted octanol–water partition coefficient (Wildman–Crippen LogP) is 0.869. The summed E-state index contributed by atoms with van der Waals surface area (Å²) in [6.07, 6.45) is 2.53. The average Bonchev–Trinajstić information content (AvgIpc) is 2.20. The van der Waals surface area contributed by atoms with Crippen molar-refractivity contribution >= 4 is 5.91 Å². The average molecular weight is 216 g/mol. The van der Waals surface area contributed by atoms with Gasteiger partial charge in [-0.2, -0.15) is 0 Å². The highest BCUT2D eigenvalue weighted by Crippen LogP contribution is 1.95. The van der Waals surface area contributed by atoms with E-state index in [1.807, 2.05) is 0 Å². The van der Waals surface area contributed by atoms with Gasteiger partial charge < -0.3 is 15.0 Å². The molecule has 4 heteroatoms. The number of rotatable bonds is 8. The molecular formula is C11H24N2O2. The fourth-order valence-electron chi connectivity index (χ4n) is 1.21. The number of ether oxygens (including phenoxy) is 1. The van der Waals surface area contributed by atoms with Gasteiger partial charge in [0.1, 0.15) is 0 Å². The molecule has 0 aliphatic heterocycles. The van der Waals surface area contributed by atoms with Gasteiger partial charge in [-0.25, -0.2) is 0 Å². The van der Waals surface area contributed by atoms with E-state index in [0.717, 1.165) is 26.0 Å². The van der Waals surface area contributed by atoms with Gasteiger partial charge in [0.2, 0.25) is 5.91 Å². The zero-order valence-electron chi connectivity index (χ0n) is 10.4. The second-order valence-corrected chi connectivity index (χ2v) is 4.03. The number of carbonyl (C=O) groups is 1. The van der Waals surface area contributed by atoms with Gasteiger partial charge in [0, 0.05) is 40.3 Å². The number of amides is 1. The van der Waals surface area contributed by atoms with E-state index in [2.05, 4.69) is 12.2 Å². The van der Waals surface area contributed by atoms with Crippen LogP contribution in [0.25, 0.3) is 0 Å². The minimum absolute atomic E-state index is 0.196. The number of nitrogens with zero attached hydrogens (tertiary/aromatic N) is 1. The highest BCUT2D eigenvalue weighted by Gasteiger charge is 2.04. The zero-order valence-corrected chi connectivity index (χ0v) is 10.4. The SMILES string of the molecule is COCCC(C)NCCCC(=O)N(C)C. The largest absolute Gasteiger partial charge is 0.385 e. The zero-order chi connectivity index (χ0) is 11.7. The number of carbonyl (C=O) groups excluding carboxylic acids is 1. The minimum atomic E-state index is 0.196. The minimum Gasteiger partial charge on any atom is -0.385 e. The van der Waals surface area contributed by atoms with E-state index in [1.54, 1.807) is 26.1 Å². The maximum Gasteiger partial charge on any atom is 0.222 e. The van der Waals surface area contributed by atoms with Gasteiger partial charge in [0.05, 0.1) is 0 Å². The Balaban J connectivity index is 3.34. The summed E-state index contributed by atoms with van der Waals surface area (Å²) >= 11 is 0. The summed E-state index contributed by atoms with van der Waals surface area (Å²) in [6.45, 7) is 3.81. The lowest BCUT2D eigenvalue weighted by Gasteiger charge is -2.14. The van der Waals surface area contributed by atoms with Crippen LogP contribution in [0.1, 0.15) is 26.2 Å². The van der Waals surface area contributed by atoms with E-state index in [-0.39, 0.29) is 5.91 Å². The van der Waals surface area contributed by atoms with Crippen molar-refractivity contribution < 1.29 is 9.53 Å². The Bertz CT molecular complexity index is 172. The predicted molar refractivity (Wildman–Crippen MR) is 61.9 cm³/mol. The molecule has 4 nitrogen and oxygen atoms in total. The normalized spacial score (nSPS) is 12.5. The van der Waals surface area contributed by atoms with Gasteiger partial charge in [-0.15, -0.1) is 0 Å². The Hall–Kier alpha value is -0.610. The first-order valence-electron chi connectivity index (χ1n) is 5.50. The van der Waals surface area contributed by atoms with Crippen molar-refractivity contribution in [2.24, 2.45) is 0 Å². The van der Waals surface area contributed by atoms with Crippen molar-refractivity contribution in [1.29, 1.82) is 0 Å². The summed E-state index contributed by atoms with van der Waals surface area (Å²) in [6, 6.07) is 0.458. The number of methoxy groups -OCH3 is 1. The standard InChI is InChI=1S/C11H24N2O2/c1-10(7-9-15-4)12-8-5-6-11(14)13(2)3/h10,12H,5-9H2,1-4H3. The molecule has 0 aliphatic carbocycles. The summed E-state index contributed by atoms with van der Waals surface area (Å²) in [7, 11) is 5.29. The van der Waals surface area contributed by atoms with Gasteiger partial charge >= 0.3 is 0 Å². The van der Waals surface area contributed by atoms with Crippen molar-refractivity contribution in [3.05, 3.63) is 0 Å². The molecule has 0 spiro atoms. The van der Waals surface area contributed by atoms with Crippen LogP contribution in [0.4, 0.5) is 0 Å². The molecule has 0 rings (SSSR count). The molecule has 0 aromatic carbocycles. The lowest BCUT2D eigenvalue weighted by molar-refractivity contribution is -0.128. The van der Waals surface area contributed by atoms with Crippen LogP contribution >= 0.6 is 0 Å². The van der Waals surface area contributed by atoms with Crippen molar-refractivity contribution in [2.45, 2.75) is 32.2 Å². The molecule has 15 heavy (non-hydrogen) atoms. The van der Waals surface area contributed by atoms with E-state index >= 15 is 0 Å². The van der Waals surface area contributed by atoms with Crippen LogP contribution in [-0.4, -0.2) is 51.2 Å². The molecule has 0 bridgehead atoms. The van der Waals surface area contributed by atoms with Crippen LogP contribution in [0.15, 0.2) is 0 Å². The first kappa shape index (κ1) is 14.4. The first-order chi connectivity index (χ1) is 7.07. The Morgan fingerprint density at radius 2 is 2.13 bits per heavy atom. The number of nitrogens with one attached hydrogen (secondary N) is 1. The number of hydrogen-bond acceptors (Lipinski definition) is 3. The second-order valence-electron chi connectivity index (χ2n) is 4.03. The maximum absolute atomic E-state index is 11.2.